The lowest BCUT2D eigenvalue weighted by molar-refractivity contribution is -0.102. The molecule has 6 heteroatoms. The molecule has 4 nitrogen and oxygen atoms in total. The van der Waals surface area contributed by atoms with Gasteiger partial charge in [0.05, 0.1) is 10.6 Å². The van der Waals surface area contributed by atoms with E-state index in [-0.39, 0.29) is 5.71 Å². The quantitative estimate of drug-likeness (QED) is 0.302. The molecule has 1 aromatic heterocycles. The van der Waals surface area contributed by atoms with Gasteiger partial charge < -0.3 is 0 Å². The molecule has 1 N–H and O–H groups in total. The Morgan fingerprint density at radius 2 is 2.00 bits per heavy atom. The number of aldehydes is 1. The second-order valence-electron chi connectivity index (χ2n) is 3.54. The van der Waals surface area contributed by atoms with Crippen LogP contribution in [0.3, 0.4) is 0 Å². The summed E-state index contributed by atoms with van der Waals surface area (Å²) >= 11 is 7.01. The Hall–Kier alpha value is -1.98. The Bertz CT molecular complexity index is 606. The molecule has 0 aliphatic heterocycles. The highest BCUT2D eigenvalue weighted by Gasteiger charge is 2.14. The number of hydrogen-bond acceptors (Lipinski definition) is 5. The number of nitrogens with one attached hydrogen (secondary N) is 1. The van der Waals surface area contributed by atoms with Crippen LogP contribution in [0.25, 0.3) is 0 Å². The summed E-state index contributed by atoms with van der Waals surface area (Å²) in [6.07, 6.45) is 0.435. The number of nitrogens with zero attached hydrogens (tertiary/aromatic N) is 1. The van der Waals surface area contributed by atoms with Gasteiger partial charge in [-0.15, -0.1) is 11.3 Å². The molecule has 2 aromatic rings. The molecule has 0 aliphatic carbocycles. The van der Waals surface area contributed by atoms with E-state index in [2.05, 4.69) is 10.5 Å². The van der Waals surface area contributed by atoms with Crippen molar-refractivity contribution in [3.8, 4) is 0 Å². The highest BCUT2D eigenvalue weighted by atomic mass is 35.5. The van der Waals surface area contributed by atoms with Gasteiger partial charge in [0.2, 0.25) is 5.78 Å². The standard InChI is InChI=1S/C13H9ClN2O2S/c14-9-3-5-10(6-4-9)15-16-11(8-17)13(18)12-2-1-7-19-12/h1-8,15H/b16-11-. The molecule has 0 unspecified atom stereocenters. The maximum atomic E-state index is 11.9. The summed E-state index contributed by atoms with van der Waals surface area (Å²) in [5, 5.41) is 6.17. The molecule has 0 atom stereocenters. The number of anilines is 1. The van der Waals surface area contributed by atoms with Crippen LogP contribution >= 0.6 is 22.9 Å². The maximum absolute atomic E-state index is 11.9. The molecule has 1 heterocycles. The van der Waals surface area contributed by atoms with Crippen molar-refractivity contribution in [2.24, 2.45) is 5.10 Å². The third kappa shape index (κ3) is 3.49. The largest absolute Gasteiger partial charge is 0.296 e. The van der Waals surface area contributed by atoms with Crippen LogP contribution in [-0.4, -0.2) is 17.8 Å². The first kappa shape index (κ1) is 13.5. The zero-order valence-corrected chi connectivity index (χ0v) is 11.2. The summed E-state index contributed by atoms with van der Waals surface area (Å²) in [5.41, 5.74) is 3.12. The van der Waals surface area contributed by atoms with E-state index in [1.165, 1.54) is 11.3 Å². The van der Waals surface area contributed by atoms with Crippen molar-refractivity contribution >= 4 is 46.4 Å². The van der Waals surface area contributed by atoms with Gasteiger partial charge in [-0.25, -0.2) is 0 Å². The third-order valence-electron chi connectivity index (χ3n) is 2.24. The molecule has 0 fully saturated rings. The van der Waals surface area contributed by atoms with Crippen LogP contribution in [0.1, 0.15) is 9.67 Å². The van der Waals surface area contributed by atoms with E-state index in [0.29, 0.717) is 21.9 Å². The number of Topliss-reactive ketones (excluding diaryl/α,β-unsaturated/α-hetero) is 1. The van der Waals surface area contributed by atoms with Crippen molar-refractivity contribution in [2.45, 2.75) is 0 Å². The summed E-state index contributed by atoms with van der Waals surface area (Å²) in [6, 6.07) is 10.1. The Morgan fingerprint density at radius 1 is 1.26 bits per heavy atom. The second-order valence-corrected chi connectivity index (χ2v) is 4.92. The number of ketones is 1. The zero-order valence-electron chi connectivity index (χ0n) is 9.67. The number of hydrazone groups is 1. The average molecular weight is 293 g/mol. The number of carbonyl (C=O) groups excluding carboxylic acids is 2. The first-order valence-corrected chi connectivity index (χ1v) is 6.59. The number of thiophene rings is 1. The van der Waals surface area contributed by atoms with Crippen molar-refractivity contribution < 1.29 is 9.59 Å². The fraction of sp³-hybridized carbons (Fsp3) is 0. The summed E-state index contributed by atoms with van der Waals surface area (Å²) in [6.45, 7) is 0. The van der Waals surface area contributed by atoms with E-state index in [0.717, 1.165) is 0 Å². The van der Waals surface area contributed by atoms with Crippen LogP contribution < -0.4 is 5.43 Å². The molecule has 96 valence electrons. The minimum absolute atomic E-state index is 0.169. The third-order valence-corrected chi connectivity index (χ3v) is 3.36. The summed E-state index contributed by atoms with van der Waals surface area (Å²) < 4.78 is 0. The molecule has 0 aliphatic rings. The van der Waals surface area contributed by atoms with Crippen LogP contribution in [0.15, 0.2) is 46.9 Å². The number of halogens is 1. The number of benzene rings is 1. The van der Waals surface area contributed by atoms with Gasteiger partial charge in [-0.3, -0.25) is 15.0 Å². The van der Waals surface area contributed by atoms with Gasteiger partial charge in [0.1, 0.15) is 0 Å². The SMILES string of the molecule is O=C/C(=N/Nc1ccc(Cl)cc1)C(=O)c1cccs1. The second kappa shape index (κ2) is 6.26. The molecule has 0 saturated carbocycles. The Balaban J connectivity index is 2.13. The van der Waals surface area contributed by atoms with Gasteiger partial charge >= 0.3 is 0 Å². The van der Waals surface area contributed by atoms with E-state index in [1.807, 2.05) is 0 Å². The molecule has 2 rings (SSSR count). The average Bonchev–Trinajstić information content (AvgIpc) is 2.95. The summed E-state index contributed by atoms with van der Waals surface area (Å²) in [4.78, 5) is 23.3. The molecule has 19 heavy (non-hydrogen) atoms. The van der Waals surface area contributed by atoms with Crippen molar-refractivity contribution in [3.63, 3.8) is 0 Å². The Labute approximate surface area is 118 Å². The molecular weight excluding hydrogens is 284 g/mol. The molecule has 0 saturated heterocycles. The maximum Gasteiger partial charge on any atom is 0.226 e. The van der Waals surface area contributed by atoms with Gasteiger partial charge in [0, 0.05) is 5.02 Å². The first-order chi connectivity index (χ1) is 9.20. The van der Waals surface area contributed by atoms with E-state index in [4.69, 9.17) is 11.6 Å². The molecular formula is C13H9ClN2O2S. The number of hydrogen-bond donors (Lipinski definition) is 1. The van der Waals surface area contributed by atoms with E-state index in [9.17, 15) is 9.59 Å². The minimum Gasteiger partial charge on any atom is -0.296 e. The monoisotopic (exact) mass is 292 g/mol. The fourth-order valence-corrected chi connectivity index (χ4v) is 2.11. The van der Waals surface area contributed by atoms with Crippen LogP contribution in [0.2, 0.25) is 5.02 Å². The predicted molar refractivity (Wildman–Crippen MR) is 77.2 cm³/mol. The number of carbonyl (C=O) groups is 2. The van der Waals surface area contributed by atoms with Crippen molar-refractivity contribution in [2.75, 3.05) is 5.43 Å². The molecule has 0 spiro atoms. The lowest BCUT2D eigenvalue weighted by atomic mass is 10.2. The van der Waals surface area contributed by atoms with Gasteiger partial charge in [0.15, 0.2) is 12.0 Å². The van der Waals surface area contributed by atoms with Crippen LogP contribution in [0.5, 0.6) is 0 Å². The van der Waals surface area contributed by atoms with Gasteiger partial charge in [0.25, 0.3) is 0 Å². The van der Waals surface area contributed by atoms with Crippen molar-refractivity contribution in [3.05, 3.63) is 51.7 Å². The van der Waals surface area contributed by atoms with Crippen LogP contribution in [0.4, 0.5) is 5.69 Å². The number of rotatable bonds is 5. The van der Waals surface area contributed by atoms with Crippen LogP contribution in [0, 0.1) is 0 Å². The topological polar surface area (TPSA) is 58.5 Å². The highest BCUT2D eigenvalue weighted by molar-refractivity contribution is 7.13. The molecule has 1 aromatic carbocycles. The van der Waals surface area contributed by atoms with Gasteiger partial charge in [-0.1, -0.05) is 17.7 Å². The summed E-state index contributed by atoms with van der Waals surface area (Å²) in [5.74, 6) is -0.397. The summed E-state index contributed by atoms with van der Waals surface area (Å²) in [7, 11) is 0. The zero-order chi connectivity index (χ0) is 13.7. The molecule has 0 radical (unpaired) electrons. The Kier molecular flexibility index (Phi) is 4.43. The normalized spacial score (nSPS) is 11.1. The van der Waals surface area contributed by atoms with E-state index < -0.39 is 5.78 Å². The predicted octanol–water partition coefficient (Wildman–Crippen LogP) is 3.25. The fourth-order valence-electron chi connectivity index (χ4n) is 1.31. The van der Waals surface area contributed by atoms with Crippen molar-refractivity contribution in [1.29, 1.82) is 0 Å². The highest BCUT2D eigenvalue weighted by Crippen LogP contribution is 2.14. The lowest BCUT2D eigenvalue weighted by Gasteiger charge is -2.01. The lowest BCUT2D eigenvalue weighted by Crippen LogP contribution is -2.16. The minimum atomic E-state index is -0.397. The molecule has 0 amide bonds. The van der Waals surface area contributed by atoms with Gasteiger partial charge in [-0.05, 0) is 35.7 Å². The van der Waals surface area contributed by atoms with E-state index >= 15 is 0 Å². The van der Waals surface area contributed by atoms with E-state index in [1.54, 1.807) is 41.8 Å². The van der Waals surface area contributed by atoms with Crippen LogP contribution in [-0.2, 0) is 4.79 Å². The Morgan fingerprint density at radius 3 is 2.58 bits per heavy atom. The smallest absolute Gasteiger partial charge is 0.226 e. The first-order valence-electron chi connectivity index (χ1n) is 5.33. The molecule has 0 bridgehead atoms. The van der Waals surface area contributed by atoms with Crippen molar-refractivity contribution in [1.82, 2.24) is 0 Å². The van der Waals surface area contributed by atoms with Gasteiger partial charge in [-0.2, -0.15) is 5.10 Å².